The van der Waals surface area contributed by atoms with Gasteiger partial charge in [0.05, 0.1) is 0 Å². The number of hydrogen-bond acceptors (Lipinski definition) is 1. The zero-order valence-corrected chi connectivity index (χ0v) is 7.88. The van der Waals surface area contributed by atoms with Crippen LogP contribution in [0.3, 0.4) is 0 Å². The summed E-state index contributed by atoms with van der Waals surface area (Å²) in [5.74, 6) is 0. The summed E-state index contributed by atoms with van der Waals surface area (Å²) in [6, 6.07) is 0.588. The van der Waals surface area contributed by atoms with Gasteiger partial charge in [0.1, 0.15) is 0 Å². The van der Waals surface area contributed by atoms with Crippen molar-refractivity contribution in [3.8, 4) is 0 Å². The van der Waals surface area contributed by atoms with Crippen molar-refractivity contribution in [3.63, 3.8) is 0 Å². The molecule has 72 valence electrons. The van der Waals surface area contributed by atoms with Crippen LogP contribution in [-0.4, -0.2) is 30.1 Å². The van der Waals surface area contributed by atoms with Crippen molar-refractivity contribution in [2.75, 3.05) is 13.1 Å². The van der Waals surface area contributed by atoms with Crippen molar-refractivity contribution in [1.29, 1.82) is 0 Å². The van der Waals surface area contributed by atoms with Crippen LogP contribution in [0.4, 0.5) is 4.79 Å². The van der Waals surface area contributed by atoms with Gasteiger partial charge in [0, 0.05) is 19.1 Å². The molecular formula is C10H16N2O. The molecule has 0 aromatic heterocycles. The lowest BCUT2D eigenvalue weighted by Gasteiger charge is -2.30. The number of carbonyl (C=O) groups is 1. The molecule has 0 spiro atoms. The van der Waals surface area contributed by atoms with E-state index in [1.54, 1.807) is 0 Å². The molecule has 0 aromatic rings. The van der Waals surface area contributed by atoms with Crippen LogP contribution in [0.1, 0.15) is 25.7 Å². The smallest absolute Gasteiger partial charge is 0.317 e. The van der Waals surface area contributed by atoms with Crippen LogP contribution in [0.5, 0.6) is 0 Å². The second-order valence-electron chi connectivity index (χ2n) is 3.91. The second-order valence-corrected chi connectivity index (χ2v) is 3.91. The Labute approximate surface area is 78.8 Å². The van der Waals surface area contributed by atoms with Gasteiger partial charge in [0.2, 0.25) is 0 Å². The first-order chi connectivity index (χ1) is 6.27. The van der Waals surface area contributed by atoms with E-state index in [1.165, 1.54) is 5.57 Å². The van der Waals surface area contributed by atoms with Gasteiger partial charge in [0.15, 0.2) is 0 Å². The highest BCUT2D eigenvalue weighted by Gasteiger charge is 2.29. The van der Waals surface area contributed by atoms with Crippen LogP contribution in [0, 0.1) is 0 Å². The SMILES string of the molecule is C=C1CCC(N2CCNC2=O)CC1. The molecule has 2 rings (SSSR count). The lowest BCUT2D eigenvalue weighted by molar-refractivity contribution is 0.186. The molecule has 1 aliphatic carbocycles. The Hall–Kier alpha value is -0.990. The fourth-order valence-corrected chi connectivity index (χ4v) is 2.16. The Bertz CT molecular complexity index is 227. The highest BCUT2D eigenvalue weighted by atomic mass is 16.2. The van der Waals surface area contributed by atoms with Crippen molar-refractivity contribution in [1.82, 2.24) is 10.2 Å². The third kappa shape index (κ3) is 1.69. The summed E-state index contributed by atoms with van der Waals surface area (Å²) in [6.45, 7) is 5.68. The molecule has 1 aliphatic heterocycles. The normalized spacial score (nSPS) is 25.1. The predicted octanol–water partition coefficient (Wildman–Crippen LogP) is 1.51. The molecule has 2 amide bonds. The number of amides is 2. The molecule has 1 heterocycles. The van der Waals surface area contributed by atoms with Crippen molar-refractivity contribution < 1.29 is 4.79 Å². The lowest BCUT2D eigenvalue weighted by Crippen LogP contribution is -2.39. The van der Waals surface area contributed by atoms with Crippen LogP contribution in [0.25, 0.3) is 0 Å². The predicted molar refractivity (Wildman–Crippen MR) is 51.5 cm³/mol. The Morgan fingerprint density at radius 3 is 2.62 bits per heavy atom. The highest BCUT2D eigenvalue weighted by Crippen LogP contribution is 2.26. The van der Waals surface area contributed by atoms with Crippen LogP contribution in [0.2, 0.25) is 0 Å². The third-order valence-corrected chi connectivity index (χ3v) is 2.99. The molecule has 0 unspecified atom stereocenters. The molecule has 1 N–H and O–H groups in total. The summed E-state index contributed by atoms with van der Waals surface area (Å²) < 4.78 is 0. The van der Waals surface area contributed by atoms with E-state index in [2.05, 4.69) is 11.9 Å². The van der Waals surface area contributed by atoms with E-state index in [1.807, 2.05) is 4.90 Å². The van der Waals surface area contributed by atoms with Crippen LogP contribution in [0.15, 0.2) is 12.2 Å². The highest BCUT2D eigenvalue weighted by molar-refractivity contribution is 5.76. The maximum Gasteiger partial charge on any atom is 0.317 e. The van der Waals surface area contributed by atoms with Gasteiger partial charge in [-0.05, 0) is 25.7 Å². The molecule has 0 aromatic carbocycles. The number of nitrogens with one attached hydrogen (secondary N) is 1. The monoisotopic (exact) mass is 180 g/mol. The minimum atomic E-state index is 0.123. The summed E-state index contributed by atoms with van der Waals surface area (Å²) in [5, 5.41) is 2.84. The van der Waals surface area contributed by atoms with E-state index in [-0.39, 0.29) is 6.03 Å². The molecule has 0 bridgehead atoms. The zero-order chi connectivity index (χ0) is 9.26. The van der Waals surface area contributed by atoms with Crippen LogP contribution < -0.4 is 5.32 Å². The third-order valence-electron chi connectivity index (χ3n) is 2.99. The maximum absolute atomic E-state index is 11.3. The van der Waals surface area contributed by atoms with Gasteiger partial charge < -0.3 is 10.2 Å². The molecule has 1 saturated carbocycles. The topological polar surface area (TPSA) is 32.3 Å². The molecular weight excluding hydrogens is 164 g/mol. The number of nitrogens with zero attached hydrogens (tertiary/aromatic N) is 1. The first-order valence-corrected chi connectivity index (χ1v) is 4.98. The summed E-state index contributed by atoms with van der Waals surface area (Å²) in [4.78, 5) is 13.3. The maximum atomic E-state index is 11.3. The quantitative estimate of drug-likeness (QED) is 0.609. The van der Waals surface area contributed by atoms with Crippen LogP contribution >= 0.6 is 0 Å². The summed E-state index contributed by atoms with van der Waals surface area (Å²) in [5.41, 5.74) is 1.34. The fraction of sp³-hybridized carbons (Fsp3) is 0.700. The van der Waals surface area contributed by atoms with E-state index in [9.17, 15) is 4.79 Å². The van der Waals surface area contributed by atoms with Gasteiger partial charge in [0.25, 0.3) is 0 Å². The van der Waals surface area contributed by atoms with Gasteiger partial charge in [-0.2, -0.15) is 0 Å². The molecule has 3 nitrogen and oxygen atoms in total. The number of allylic oxidation sites excluding steroid dienone is 1. The molecule has 0 radical (unpaired) electrons. The van der Waals surface area contributed by atoms with E-state index >= 15 is 0 Å². The van der Waals surface area contributed by atoms with Crippen molar-refractivity contribution in [2.24, 2.45) is 0 Å². The minimum Gasteiger partial charge on any atom is -0.336 e. The van der Waals surface area contributed by atoms with E-state index < -0.39 is 0 Å². The molecule has 2 fully saturated rings. The van der Waals surface area contributed by atoms with Gasteiger partial charge >= 0.3 is 6.03 Å². The largest absolute Gasteiger partial charge is 0.336 e. The molecule has 0 atom stereocenters. The Morgan fingerprint density at radius 1 is 1.38 bits per heavy atom. The minimum absolute atomic E-state index is 0.123. The number of hydrogen-bond donors (Lipinski definition) is 1. The van der Waals surface area contributed by atoms with Gasteiger partial charge in [-0.1, -0.05) is 12.2 Å². The van der Waals surface area contributed by atoms with Crippen LogP contribution in [-0.2, 0) is 0 Å². The van der Waals surface area contributed by atoms with Gasteiger partial charge in [-0.25, -0.2) is 4.79 Å². The summed E-state index contributed by atoms with van der Waals surface area (Å²) >= 11 is 0. The van der Waals surface area contributed by atoms with Crippen molar-refractivity contribution in [3.05, 3.63) is 12.2 Å². The van der Waals surface area contributed by atoms with Gasteiger partial charge in [-0.15, -0.1) is 0 Å². The average Bonchev–Trinajstić information content (AvgIpc) is 2.53. The zero-order valence-electron chi connectivity index (χ0n) is 7.88. The first kappa shape index (κ1) is 8.60. The number of urea groups is 1. The fourth-order valence-electron chi connectivity index (χ4n) is 2.16. The molecule has 2 aliphatic rings. The lowest BCUT2D eigenvalue weighted by atomic mass is 9.91. The Morgan fingerprint density at radius 2 is 2.08 bits per heavy atom. The Kier molecular flexibility index (Phi) is 2.25. The second kappa shape index (κ2) is 3.40. The van der Waals surface area contributed by atoms with Crippen molar-refractivity contribution in [2.45, 2.75) is 31.7 Å². The average molecular weight is 180 g/mol. The molecule has 1 saturated heterocycles. The van der Waals surface area contributed by atoms with E-state index in [0.717, 1.165) is 38.8 Å². The van der Waals surface area contributed by atoms with Gasteiger partial charge in [-0.3, -0.25) is 0 Å². The summed E-state index contributed by atoms with van der Waals surface area (Å²) in [6.07, 6.45) is 4.39. The van der Waals surface area contributed by atoms with E-state index in [0.29, 0.717) is 6.04 Å². The molecule has 13 heavy (non-hydrogen) atoms. The van der Waals surface area contributed by atoms with Crippen molar-refractivity contribution >= 4 is 6.03 Å². The number of rotatable bonds is 1. The van der Waals surface area contributed by atoms with E-state index in [4.69, 9.17) is 0 Å². The standard InChI is InChI=1S/C10H16N2O/c1-8-2-4-9(5-3-8)12-7-6-11-10(12)13/h9H,1-7H2,(H,11,13). The first-order valence-electron chi connectivity index (χ1n) is 4.98. The Balaban J connectivity index is 1.93. The number of carbonyl (C=O) groups excluding carboxylic acids is 1. The summed E-state index contributed by atoms with van der Waals surface area (Å²) in [7, 11) is 0. The molecule has 3 heteroatoms.